The van der Waals surface area contributed by atoms with Gasteiger partial charge in [-0.3, -0.25) is 19.1 Å². The molecule has 0 radical (unpaired) electrons. The van der Waals surface area contributed by atoms with Crippen LogP contribution in [0.4, 0.5) is 21.5 Å². The minimum Gasteiger partial charge on any atom is -0.382 e. The van der Waals surface area contributed by atoms with Crippen LogP contribution in [0.1, 0.15) is 94.2 Å². The van der Waals surface area contributed by atoms with E-state index in [2.05, 4.69) is 10.3 Å². The second-order valence-electron chi connectivity index (χ2n) is 16.0. The Morgan fingerprint density at radius 1 is 0.909 bits per heavy atom. The van der Waals surface area contributed by atoms with Crippen molar-refractivity contribution in [3.63, 3.8) is 0 Å². The molecule has 12 heteroatoms. The second kappa shape index (κ2) is 14.6. The molecule has 0 unspecified atom stereocenters. The fraction of sp³-hybridized carbons (Fsp3) is 0.465. The van der Waals surface area contributed by atoms with Crippen molar-refractivity contribution in [1.29, 1.82) is 0 Å². The number of benzene rings is 3. The summed E-state index contributed by atoms with van der Waals surface area (Å²) >= 11 is 0. The number of halogens is 1. The van der Waals surface area contributed by atoms with Crippen molar-refractivity contribution in [2.45, 2.75) is 102 Å². The number of aliphatic hydroxyl groups excluding tert-OH is 1. The number of hydrogen-bond acceptors (Lipinski definition) is 7. The highest BCUT2D eigenvalue weighted by molar-refractivity contribution is 6.08. The lowest BCUT2D eigenvalue weighted by Crippen LogP contribution is -2.45. The SMILES string of the molecule is C[C@@H]1[C@@H](C(C)(C)F)[C@H](CCn2cc([C@H](O)c3ccccc3)nn2)O[C@@]12C(=O)N(Cc1ccc(N3CCCCC3=O)cc1)c1ccc(N3CCCCC3=O)cc12. The first-order valence-electron chi connectivity index (χ1n) is 19.6. The van der Waals surface area contributed by atoms with Gasteiger partial charge in [-0.25, -0.2) is 4.39 Å². The van der Waals surface area contributed by atoms with E-state index in [9.17, 15) is 14.7 Å². The van der Waals surface area contributed by atoms with E-state index in [1.807, 2.05) is 84.6 Å². The zero-order valence-electron chi connectivity index (χ0n) is 31.7. The summed E-state index contributed by atoms with van der Waals surface area (Å²) < 4.78 is 25.1. The van der Waals surface area contributed by atoms with Crippen LogP contribution in [0.25, 0.3) is 0 Å². The summed E-state index contributed by atoms with van der Waals surface area (Å²) in [6.07, 6.45) is 5.03. The second-order valence-corrected chi connectivity index (χ2v) is 16.0. The van der Waals surface area contributed by atoms with Gasteiger partial charge in [0.25, 0.3) is 5.91 Å². The van der Waals surface area contributed by atoms with E-state index >= 15 is 9.18 Å². The van der Waals surface area contributed by atoms with Crippen LogP contribution in [-0.2, 0) is 37.8 Å². The molecule has 5 atom stereocenters. The molecule has 5 heterocycles. The molecular weight excluding hydrogens is 700 g/mol. The van der Waals surface area contributed by atoms with Crippen LogP contribution in [0.3, 0.4) is 0 Å². The lowest BCUT2D eigenvalue weighted by Gasteiger charge is -2.33. The number of carbonyl (C=O) groups excluding carboxylic acids is 3. The van der Waals surface area contributed by atoms with Gasteiger partial charge in [-0.05, 0) is 87.4 Å². The number of alkyl halides is 1. The van der Waals surface area contributed by atoms with Gasteiger partial charge in [0.15, 0.2) is 5.60 Å². The molecule has 0 bridgehead atoms. The molecule has 55 heavy (non-hydrogen) atoms. The Hall–Kier alpha value is -4.94. The van der Waals surface area contributed by atoms with Crippen LogP contribution in [-0.4, -0.2) is 62.7 Å². The number of rotatable bonds is 10. The summed E-state index contributed by atoms with van der Waals surface area (Å²) in [6, 6.07) is 22.7. The fourth-order valence-electron chi connectivity index (χ4n) is 9.37. The molecule has 8 rings (SSSR count). The smallest absolute Gasteiger partial charge is 0.264 e. The number of piperidine rings is 2. The maximum atomic E-state index is 16.5. The van der Waals surface area contributed by atoms with Gasteiger partial charge >= 0.3 is 0 Å². The first-order valence-corrected chi connectivity index (χ1v) is 19.6. The third kappa shape index (κ3) is 6.73. The Morgan fingerprint density at radius 3 is 2.22 bits per heavy atom. The molecule has 3 fully saturated rings. The van der Waals surface area contributed by atoms with Crippen molar-refractivity contribution in [2.24, 2.45) is 11.8 Å². The van der Waals surface area contributed by atoms with Crippen LogP contribution in [0.5, 0.6) is 0 Å². The molecule has 3 aromatic carbocycles. The van der Waals surface area contributed by atoms with Crippen LogP contribution < -0.4 is 14.7 Å². The van der Waals surface area contributed by atoms with Gasteiger partial charge in [-0.2, -0.15) is 0 Å². The van der Waals surface area contributed by atoms with E-state index in [1.54, 1.807) is 34.5 Å². The predicted octanol–water partition coefficient (Wildman–Crippen LogP) is 6.63. The Morgan fingerprint density at radius 2 is 1.56 bits per heavy atom. The summed E-state index contributed by atoms with van der Waals surface area (Å²) in [4.78, 5) is 46.1. The van der Waals surface area contributed by atoms with E-state index in [4.69, 9.17) is 4.74 Å². The number of fused-ring (bicyclic) bond motifs is 2. The number of aryl methyl sites for hydroxylation is 1. The molecule has 288 valence electrons. The first-order chi connectivity index (χ1) is 26.5. The molecule has 3 saturated heterocycles. The van der Waals surface area contributed by atoms with E-state index in [1.165, 1.54) is 0 Å². The summed E-state index contributed by atoms with van der Waals surface area (Å²) in [5, 5.41) is 19.4. The Kier molecular flexibility index (Phi) is 9.83. The van der Waals surface area contributed by atoms with Gasteiger partial charge in [-0.1, -0.05) is 54.6 Å². The number of anilines is 3. The molecule has 11 nitrogen and oxygen atoms in total. The van der Waals surface area contributed by atoms with E-state index in [0.717, 1.165) is 36.9 Å². The average Bonchev–Trinajstić information content (AvgIpc) is 3.85. The molecular formula is C43H49FN6O5. The molecule has 4 aliphatic rings. The lowest BCUT2D eigenvalue weighted by molar-refractivity contribution is -0.146. The molecule has 1 aromatic heterocycles. The van der Waals surface area contributed by atoms with E-state index < -0.39 is 35.3 Å². The lowest BCUT2D eigenvalue weighted by atomic mass is 9.71. The van der Waals surface area contributed by atoms with Crippen LogP contribution in [0.2, 0.25) is 0 Å². The predicted molar refractivity (Wildman–Crippen MR) is 206 cm³/mol. The number of nitrogens with zero attached hydrogens (tertiary/aromatic N) is 6. The minimum atomic E-state index is -1.71. The highest BCUT2D eigenvalue weighted by Crippen LogP contribution is 2.59. The normalized spacial score (nSPS) is 24.9. The molecule has 1 spiro atoms. The highest BCUT2D eigenvalue weighted by atomic mass is 19.1. The third-order valence-electron chi connectivity index (χ3n) is 12.1. The molecule has 0 saturated carbocycles. The van der Waals surface area contributed by atoms with Gasteiger partial charge in [0.05, 0.1) is 24.5 Å². The highest BCUT2D eigenvalue weighted by Gasteiger charge is 2.66. The maximum Gasteiger partial charge on any atom is 0.264 e. The summed E-state index contributed by atoms with van der Waals surface area (Å²) in [5.74, 6) is -1.34. The van der Waals surface area contributed by atoms with Gasteiger partial charge < -0.3 is 24.5 Å². The number of ether oxygens (including phenoxy) is 1. The number of amides is 3. The Balaban J connectivity index is 1.11. The van der Waals surface area contributed by atoms with Gasteiger partial charge in [-0.15, -0.1) is 5.10 Å². The number of carbonyl (C=O) groups is 3. The van der Waals surface area contributed by atoms with Crippen LogP contribution >= 0.6 is 0 Å². The summed E-state index contributed by atoms with van der Waals surface area (Å²) in [7, 11) is 0. The zero-order valence-corrected chi connectivity index (χ0v) is 31.7. The third-order valence-corrected chi connectivity index (χ3v) is 12.1. The van der Waals surface area contributed by atoms with Crippen molar-refractivity contribution in [1.82, 2.24) is 15.0 Å². The number of hydrogen-bond donors (Lipinski definition) is 1. The van der Waals surface area contributed by atoms with Gasteiger partial charge in [0.1, 0.15) is 17.5 Å². The maximum absolute atomic E-state index is 16.5. The largest absolute Gasteiger partial charge is 0.382 e. The monoisotopic (exact) mass is 748 g/mol. The Labute approximate surface area is 321 Å². The molecule has 4 aliphatic heterocycles. The standard InChI is InChI=1S/C43H49FN6O5/c1-28-39(42(2,3)44)36(21-24-47-27-34(45-46-47)40(53)30-11-5-4-6-12-30)55-43(28)33-25-32(49-23-10-8-14-38(49)52)19-20-35(33)50(41(43)54)26-29-15-17-31(18-16-29)48-22-9-7-13-37(48)51/h4-6,11-12,15-20,25,27-28,36,39-40,53H,7-10,13-14,21-24,26H2,1-3H3/t28-,36+,39-,40-,43+/m1/s1. The minimum absolute atomic E-state index is 0.0410. The van der Waals surface area contributed by atoms with E-state index in [-0.39, 0.29) is 24.3 Å². The van der Waals surface area contributed by atoms with Crippen LogP contribution in [0, 0.1) is 11.8 Å². The van der Waals surface area contributed by atoms with Crippen molar-refractivity contribution in [2.75, 3.05) is 27.8 Å². The molecule has 4 aromatic rings. The summed E-state index contributed by atoms with van der Waals surface area (Å²) in [6.45, 7) is 6.85. The van der Waals surface area contributed by atoms with Gasteiger partial charge in [0.2, 0.25) is 11.8 Å². The quantitative estimate of drug-likeness (QED) is 0.194. The number of aromatic nitrogens is 3. The van der Waals surface area contributed by atoms with Crippen molar-refractivity contribution >= 4 is 34.8 Å². The first kappa shape index (κ1) is 37.0. The summed E-state index contributed by atoms with van der Waals surface area (Å²) in [5.41, 5.74) is 1.63. The van der Waals surface area contributed by atoms with Crippen molar-refractivity contribution in [3.8, 4) is 0 Å². The van der Waals surface area contributed by atoms with E-state index in [0.29, 0.717) is 67.1 Å². The Bertz CT molecular complexity index is 2070. The van der Waals surface area contributed by atoms with Crippen molar-refractivity contribution in [3.05, 3.63) is 101 Å². The zero-order chi connectivity index (χ0) is 38.5. The molecule has 0 aliphatic carbocycles. The fourth-order valence-corrected chi connectivity index (χ4v) is 9.37. The number of aliphatic hydroxyl groups is 1. The topological polar surface area (TPSA) is 121 Å². The van der Waals surface area contributed by atoms with Crippen LogP contribution in [0.15, 0.2) is 79.0 Å². The van der Waals surface area contributed by atoms with Gasteiger partial charge in [0, 0.05) is 61.2 Å². The molecule has 1 N–H and O–H groups in total. The average molecular weight is 749 g/mol. The van der Waals surface area contributed by atoms with Crippen molar-refractivity contribution < 1.29 is 28.6 Å². The molecule has 3 amide bonds.